The second-order valence-corrected chi connectivity index (χ2v) is 7.29. The molecule has 3 rings (SSSR count). The Morgan fingerprint density at radius 2 is 1.31 bits per heavy atom. The predicted octanol–water partition coefficient (Wildman–Crippen LogP) is 4.89. The predicted molar refractivity (Wildman–Crippen MR) is 119 cm³/mol. The van der Waals surface area contributed by atoms with E-state index in [1.807, 2.05) is 72.8 Å². The molecule has 152 valence electrons. The van der Waals surface area contributed by atoms with Gasteiger partial charge in [-0.05, 0) is 41.9 Å². The number of likely N-dealkylation sites (N-methyl/N-ethyl adjacent to an activating group) is 1. The highest BCUT2D eigenvalue weighted by Crippen LogP contribution is 2.34. The lowest BCUT2D eigenvalue weighted by Gasteiger charge is -2.30. The monoisotopic (exact) mass is 389 g/mol. The SMILES string of the molecule is CCN(CC)CCOc1ccc([C@@](O)(Cc2ccccc2)c2ccccc2)cc1. The van der Waals surface area contributed by atoms with Crippen LogP contribution in [0.4, 0.5) is 0 Å². The van der Waals surface area contributed by atoms with Crippen molar-refractivity contribution in [1.82, 2.24) is 4.90 Å². The van der Waals surface area contributed by atoms with Crippen LogP contribution in [0.15, 0.2) is 84.9 Å². The van der Waals surface area contributed by atoms with Crippen LogP contribution in [0.3, 0.4) is 0 Å². The van der Waals surface area contributed by atoms with E-state index in [0.717, 1.165) is 42.1 Å². The lowest BCUT2D eigenvalue weighted by Crippen LogP contribution is -2.30. The zero-order valence-corrected chi connectivity index (χ0v) is 17.4. The zero-order valence-electron chi connectivity index (χ0n) is 17.4. The van der Waals surface area contributed by atoms with E-state index in [1.54, 1.807) is 0 Å². The van der Waals surface area contributed by atoms with Gasteiger partial charge in [-0.3, -0.25) is 0 Å². The second-order valence-electron chi connectivity index (χ2n) is 7.29. The Hall–Kier alpha value is -2.62. The van der Waals surface area contributed by atoms with Gasteiger partial charge in [0.15, 0.2) is 0 Å². The molecule has 3 nitrogen and oxygen atoms in total. The first-order valence-electron chi connectivity index (χ1n) is 10.4. The van der Waals surface area contributed by atoms with Crippen LogP contribution in [-0.4, -0.2) is 36.2 Å². The maximum atomic E-state index is 11.8. The topological polar surface area (TPSA) is 32.7 Å². The van der Waals surface area contributed by atoms with Gasteiger partial charge in [0, 0.05) is 13.0 Å². The number of ether oxygens (including phenoxy) is 1. The van der Waals surface area contributed by atoms with Crippen molar-refractivity contribution >= 4 is 0 Å². The minimum absolute atomic E-state index is 0.514. The molecule has 0 saturated carbocycles. The third kappa shape index (κ3) is 5.47. The van der Waals surface area contributed by atoms with Crippen molar-refractivity contribution in [3.63, 3.8) is 0 Å². The van der Waals surface area contributed by atoms with Crippen molar-refractivity contribution < 1.29 is 9.84 Å². The highest BCUT2D eigenvalue weighted by Gasteiger charge is 2.31. The minimum atomic E-state index is -1.09. The summed E-state index contributed by atoms with van der Waals surface area (Å²) in [6.45, 7) is 7.96. The molecular formula is C26H31NO2. The molecule has 3 heteroatoms. The number of aliphatic hydroxyl groups is 1. The van der Waals surface area contributed by atoms with Crippen LogP contribution in [0.5, 0.6) is 5.75 Å². The van der Waals surface area contributed by atoms with E-state index in [2.05, 4.69) is 30.9 Å². The van der Waals surface area contributed by atoms with E-state index in [-0.39, 0.29) is 0 Å². The van der Waals surface area contributed by atoms with Crippen LogP contribution in [0.2, 0.25) is 0 Å². The maximum Gasteiger partial charge on any atom is 0.119 e. The second kappa shape index (κ2) is 10.2. The molecule has 29 heavy (non-hydrogen) atoms. The first-order chi connectivity index (χ1) is 14.2. The highest BCUT2D eigenvalue weighted by atomic mass is 16.5. The summed E-state index contributed by atoms with van der Waals surface area (Å²) in [5.74, 6) is 0.830. The Bertz CT molecular complexity index is 845. The summed E-state index contributed by atoms with van der Waals surface area (Å²) in [5.41, 5.74) is 1.75. The zero-order chi connectivity index (χ0) is 20.5. The van der Waals surface area contributed by atoms with Crippen molar-refractivity contribution in [3.05, 3.63) is 102 Å². The number of rotatable bonds is 10. The van der Waals surface area contributed by atoms with Crippen LogP contribution < -0.4 is 4.74 Å². The lowest BCUT2D eigenvalue weighted by molar-refractivity contribution is 0.0810. The molecule has 0 aliphatic heterocycles. The molecule has 0 aromatic heterocycles. The van der Waals surface area contributed by atoms with Gasteiger partial charge in [0.25, 0.3) is 0 Å². The molecule has 0 aliphatic rings. The molecular weight excluding hydrogens is 358 g/mol. The molecule has 0 unspecified atom stereocenters. The van der Waals surface area contributed by atoms with Gasteiger partial charge in [-0.15, -0.1) is 0 Å². The summed E-state index contributed by atoms with van der Waals surface area (Å²) in [6, 6.07) is 27.9. The normalized spacial score (nSPS) is 13.2. The van der Waals surface area contributed by atoms with Crippen LogP contribution in [0.1, 0.15) is 30.5 Å². The summed E-state index contributed by atoms with van der Waals surface area (Å²) in [7, 11) is 0. The molecule has 0 fully saturated rings. The largest absolute Gasteiger partial charge is 0.492 e. The first-order valence-corrected chi connectivity index (χ1v) is 10.4. The summed E-state index contributed by atoms with van der Waals surface area (Å²) >= 11 is 0. The molecule has 0 aliphatic carbocycles. The molecule has 0 heterocycles. The van der Waals surface area contributed by atoms with Crippen molar-refractivity contribution in [2.45, 2.75) is 25.9 Å². The fourth-order valence-corrected chi connectivity index (χ4v) is 3.64. The van der Waals surface area contributed by atoms with E-state index in [9.17, 15) is 5.11 Å². The maximum absolute atomic E-state index is 11.8. The van der Waals surface area contributed by atoms with Gasteiger partial charge in [-0.2, -0.15) is 0 Å². The first kappa shape index (κ1) is 21.1. The van der Waals surface area contributed by atoms with Gasteiger partial charge in [-0.25, -0.2) is 0 Å². The van der Waals surface area contributed by atoms with Gasteiger partial charge in [0.2, 0.25) is 0 Å². The van der Waals surface area contributed by atoms with E-state index < -0.39 is 5.60 Å². The molecule has 1 atom stereocenters. The average molecular weight is 390 g/mol. The lowest BCUT2D eigenvalue weighted by atomic mass is 9.81. The third-order valence-corrected chi connectivity index (χ3v) is 5.46. The molecule has 0 amide bonds. The third-order valence-electron chi connectivity index (χ3n) is 5.46. The quantitative estimate of drug-likeness (QED) is 0.536. The number of hydrogen-bond acceptors (Lipinski definition) is 3. The smallest absolute Gasteiger partial charge is 0.119 e. The van der Waals surface area contributed by atoms with Crippen LogP contribution >= 0.6 is 0 Å². The van der Waals surface area contributed by atoms with E-state index in [1.165, 1.54) is 0 Å². The Balaban J connectivity index is 1.79. The number of nitrogens with zero attached hydrogens (tertiary/aromatic N) is 1. The molecule has 3 aromatic carbocycles. The fraction of sp³-hybridized carbons (Fsp3) is 0.308. The Morgan fingerprint density at radius 3 is 1.90 bits per heavy atom. The molecule has 0 bridgehead atoms. The van der Waals surface area contributed by atoms with Crippen molar-refractivity contribution in [3.8, 4) is 5.75 Å². The van der Waals surface area contributed by atoms with Gasteiger partial charge < -0.3 is 14.7 Å². The van der Waals surface area contributed by atoms with E-state index in [4.69, 9.17) is 4.74 Å². The van der Waals surface area contributed by atoms with Gasteiger partial charge in [0.05, 0.1) is 0 Å². The van der Waals surface area contributed by atoms with Crippen molar-refractivity contribution in [1.29, 1.82) is 0 Å². The Morgan fingerprint density at radius 1 is 0.759 bits per heavy atom. The Labute approximate surface area is 174 Å². The Kier molecular flexibility index (Phi) is 7.45. The van der Waals surface area contributed by atoms with E-state index in [0.29, 0.717) is 13.0 Å². The van der Waals surface area contributed by atoms with Gasteiger partial charge in [-0.1, -0.05) is 86.6 Å². The molecule has 0 saturated heterocycles. The van der Waals surface area contributed by atoms with E-state index >= 15 is 0 Å². The number of hydrogen-bond donors (Lipinski definition) is 1. The van der Waals surface area contributed by atoms with Crippen LogP contribution in [-0.2, 0) is 12.0 Å². The molecule has 3 aromatic rings. The standard InChI is InChI=1S/C26H31NO2/c1-3-27(4-2)19-20-29-25-17-15-24(16-18-25)26(28,23-13-9-6-10-14-23)21-22-11-7-5-8-12-22/h5-18,28H,3-4,19-21H2,1-2H3/t26-/m1/s1. The van der Waals surface area contributed by atoms with Gasteiger partial charge >= 0.3 is 0 Å². The van der Waals surface area contributed by atoms with Crippen LogP contribution in [0, 0.1) is 0 Å². The van der Waals surface area contributed by atoms with Crippen LogP contribution in [0.25, 0.3) is 0 Å². The summed E-state index contributed by atoms with van der Waals surface area (Å²) in [6.07, 6.45) is 0.514. The summed E-state index contributed by atoms with van der Waals surface area (Å²) < 4.78 is 5.91. The molecule has 0 spiro atoms. The fourth-order valence-electron chi connectivity index (χ4n) is 3.64. The highest BCUT2D eigenvalue weighted by molar-refractivity contribution is 5.40. The summed E-state index contributed by atoms with van der Waals surface area (Å²) in [5, 5.41) is 11.8. The average Bonchev–Trinajstić information content (AvgIpc) is 2.78. The minimum Gasteiger partial charge on any atom is -0.492 e. The van der Waals surface area contributed by atoms with Crippen molar-refractivity contribution in [2.75, 3.05) is 26.2 Å². The number of benzene rings is 3. The van der Waals surface area contributed by atoms with Gasteiger partial charge in [0.1, 0.15) is 18.0 Å². The molecule has 1 N–H and O–H groups in total. The molecule has 0 radical (unpaired) electrons. The summed E-state index contributed by atoms with van der Waals surface area (Å²) in [4.78, 5) is 2.34. The van der Waals surface area contributed by atoms with Crippen molar-refractivity contribution in [2.24, 2.45) is 0 Å².